The van der Waals surface area contributed by atoms with E-state index in [1.165, 1.54) is 7.11 Å². The molecule has 8 nitrogen and oxygen atoms in total. The summed E-state index contributed by atoms with van der Waals surface area (Å²) < 4.78 is 10.3. The second-order valence-electron chi connectivity index (χ2n) is 7.17. The van der Waals surface area contributed by atoms with Crippen LogP contribution in [-0.4, -0.2) is 55.7 Å². The number of methoxy groups -OCH3 is 1. The summed E-state index contributed by atoms with van der Waals surface area (Å²) in [6, 6.07) is 7.07. The molecule has 2 aliphatic rings. The zero-order valence-electron chi connectivity index (χ0n) is 16.3. The predicted molar refractivity (Wildman–Crippen MR) is 103 cm³/mol. The van der Waals surface area contributed by atoms with Crippen molar-refractivity contribution in [3.8, 4) is 5.75 Å². The number of para-hydroxylation sites is 2. The van der Waals surface area contributed by atoms with E-state index >= 15 is 0 Å². The van der Waals surface area contributed by atoms with Gasteiger partial charge in [-0.3, -0.25) is 9.59 Å². The minimum absolute atomic E-state index is 0.0466. The Kier molecular flexibility index (Phi) is 6.06. The van der Waals surface area contributed by atoms with E-state index in [9.17, 15) is 14.4 Å². The van der Waals surface area contributed by atoms with Crippen molar-refractivity contribution >= 4 is 23.6 Å². The average molecular weight is 389 g/mol. The highest BCUT2D eigenvalue weighted by molar-refractivity contribution is 6.13. The first-order valence-corrected chi connectivity index (χ1v) is 9.67. The van der Waals surface area contributed by atoms with Crippen LogP contribution in [0.5, 0.6) is 5.75 Å². The van der Waals surface area contributed by atoms with Crippen LogP contribution in [0.4, 0.5) is 10.5 Å². The molecule has 1 saturated carbocycles. The molecule has 1 aliphatic heterocycles. The molecular weight excluding hydrogens is 362 g/mol. The number of amides is 3. The number of carbonyl (C=O) groups is 3. The molecule has 0 unspecified atom stereocenters. The Labute approximate surface area is 164 Å². The molecule has 0 atom stereocenters. The molecule has 2 N–H and O–H groups in total. The number of nitrogens with one attached hydrogen (secondary N) is 2. The highest BCUT2D eigenvalue weighted by atomic mass is 16.6. The highest BCUT2D eigenvalue weighted by Gasteiger charge is 2.57. The Morgan fingerprint density at radius 1 is 1.14 bits per heavy atom. The van der Waals surface area contributed by atoms with Gasteiger partial charge in [0.25, 0.3) is 0 Å². The van der Waals surface area contributed by atoms with E-state index in [1.54, 1.807) is 30.0 Å². The van der Waals surface area contributed by atoms with Gasteiger partial charge < -0.3 is 25.0 Å². The summed E-state index contributed by atoms with van der Waals surface area (Å²) in [6.45, 7) is 3.18. The molecular formula is C20H27N3O5. The number of piperidine rings is 1. The standard InChI is InChI=1S/C20H27N3O5/c1-3-28-19(26)23-12-8-14(9-13-23)21-17(24)20(10-11-20)18(25)22-15-6-4-5-7-16(15)27-2/h4-7,14H,3,8-13H2,1-2H3,(H,21,24)(H,22,25). The van der Waals surface area contributed by atoms with Gasteiger partial charge in [0.15, 0.2) is 0 Å². The third-order valence-corrected chi connectivity index (χ3v) is 5.33. The van der Waals surface area contributed by atoms with Crippen LogP contribution >= 0.6 is 0 Å². The van der Waals surface area contributed by atoms with Crippen LogP contribution in [0.3, 0.4) is 0 Å². The molecule has 1 heterocycles. The fraction of sp³-hybridized carbons (Fsp3) is 0.550. The van der Waals surface area contributed by atoms with Gasteiger partial charge in [-0.1, -0.05) is 12.1 Å². The summed E-state index contributed by atoms with van der Waals surface area (Å²) in [5.41, 5.74) is -0.462. The lowest BCUT2D eigenvalue weighted by Crippen LogP contribution is -2.50. The highest BCUT2D eigenvalue weighted by Crippen LogP contribution is 2.47. The van der Waals surface area contributed by atoms with Crippen LogP contribution in [-0.2, 0) is 14.3 Å². The quantitative estimate of drug-likeness (QED) is 0.727. The van der Waals surface area contributed by atoms with Crippen molar-refractivity contribution in [1.29, 1.82) is 0 Å². The minimum Gasteiger partial charge on any atom is -0.495 e. The van der Waals surface area contributed by atoms with Gasteiger partial charge in [0.1, 0.15) is 11.2 Å². The number of likely N-dealkylation sites (tertiary alicyclic amines) is 1. The summed E-state index contributed by atoms with van der Waals surface area (Å²) in [6.07, 6.45) is 2.04. The summed E-state index contributed by atoms with van der Waals surface area (Å²) in [5.74, 6) is 0.00587. The fourth-order valence-corrected chi connectivity index (χ4v) is 3.42. The lowest BCUT2D eigenvalue weighted by atomic mass is 10.0. The maximum Gasteiger partial charge on any atom is 0.409 e. The van der Waals surface area contributed by atoms with Crippen molar-refractivity contribution < 1.29 is 23.9 Å². The molecule has 0 bridgehead atoms. The number of benzene rings is 1. The van der Waals surface area contributed by atoms with Crippen LogP contribution in [0.2, 0.25) is 0 Å². The Bertz CT molecular complexity index is 739. The summed E-state index contributed by atoms with van der Waals surface area (Å²) in [5, 5.41) is 5.82. The first-order valence-electron chi connectivity index (χ1n) is 9.67. The Balaban J connectivity index is 1.54. The Morgan fingerprint density at radius 2 is 1.82 bits per heavy atom. The number of rotatable bonds is 6. The van der Waals surface area contributed by atoms with Gasteiger partial charge in [0, 0.05) is 19.1 Å². The number of anilines is 1. The Hall–Kier alpha value is -2.77. The molecule has 28 heavy (non-hydrogen) atoms. The number of nitrogens with zero attached hydrogens (tertiary/aromatic N) is 1. The van der Waals surface area contributed by atoms with Crippen molar-refractivity contribution in [3.63, 3.8) is 0 Å². The second-order valence-corrected chi connectivity index (χ2v) is 7.17. The molecule has 1 aromatic carbocycles. The summed E-state index contributed by atoms with van der Waals surface area (Å²) >= 11 is 0. The third kappa shape index (κ3) is 4.21. The zero-order chi connectivity index (χ0) is 20.1. The number of carbonyl (C=O) groups excluding carboxylic acids is 3. The van der Waals surface area contributed by atoms with Crippen molar-refractivity contribution in [3.05, 3.63) is 24.3 Å². The predicted octanol–water partition coefficient (Wildman–Crippen LogP) is 2.15. The number of hydrogen-bond donors (Lipinski definition) is 2. The SMILES string of the molecule is CCOC(=O)N1CCC(NC(=O)C2(C(=O)Nc3ccccc3OC)CC2)CC1. The second kappa shape index (κ2) is 8.50. The average Bonchev–Trinajstić information content (AvgIpc) is 3.51. The largest absolute Gasteiger partial charge is 0.495 e. The lowest BCUT2D eigenvalue weighted by molar-refractivity contribution is -0.135. The van der Waals surface area contributed by atoms with E-state index in [1.807, 2.05) is 6.07 Å². The van der Waals surface area contributed by atoms with Gasteiger partial charge in [-0.05, 0) is 44.7 Å². The van der Waals surface area contributed by atoms with Gasteiger partial charge >= 0.3 is 6.09 Å². The van der Waals surface area contributed by atoms with E-state index in [4.69, 9.17) is 9.47 Å². The molecule has 3 rings (SSSR count). The zero-order valence-corrected chi connectivity index (χ0v) is 16.3. The van der Waals surface area contributed by atoms with Gasteiger partial charge in [0.05, 0.1) is 19.4 Å². The van der Waals surface area contributed by atoms with Gasteiger partial charge in [-0.15, -0.1) is 0 Å². The van der Waals surface area contributed by atoms with Gasteiger partial charge in [-0.2, -0.15) is 0 Å². The van der Waals surface area contributed by atoms with E-state index in [2.05, 4.69) is 10.6 Å². The molecule has 0 aromatic heterocycles. The molecule has 0 spiro atoms. The first kappa shape index (κ1) is 20.0. The minimum atomic E-state index is -1.01. The summed E-state index contributed by atoms with van der Waals surface area (Å²) in [7, 11) is 1.53. The topological polar surface area (TPSA) is 97.0 Å². The normalized spacial score (nSPS) is 18.1. The maximum absolute atomic E-state index is 12.8. The molecule has 2 fully saturated rings. The number of ether oxygens (including phenoxy) is 2. The van der Waals surface area contributed by atoms with Crippen molar-refractivity contribution in [2.24, 2.45) is 5.41 Å². The number of hydrogen-bond acceptors (Lipinski definition) is 5. The molecule has 1 aliphatic carbocycles. The van der Waals surface area contributed by atoms with E-state index < -0.39 is 5.41 Å². The molecule has 8 heteroatoms. The maximum atomic E-state index is 12.8. The van der Waals surface area contributed by atoms with Crippen LogP contribution < -0.4 is 15.4 Å². The molecule has 152 valence electrons. The van der Waals surface area contributed by atoms with Crippen molar-refractivity contribution in [2.45, 2.75) is 38.6 Å². The molecule has 1 aromatic rings. The van der Waals surface area contributed by atoms with E-state index in [0.29, 0.717) is 56.8 Å². The first-order chi connectivity index (χ1) is 13.5. The molecule has 0 radical (unpaired) electrons. The van der Waals surface area contributed by atoms with Crippen molar-refractivity contribution in [2.75, 3.05) is 32.1 Å². The van der Waals surface area contributed by atoms with Crippen LogP contribution in [0.25, 0.3) is 0 Å². The monoisotopic (exact) mass is 389 g/mol. The third-order valence-electron chi connectivity index (χ3n) is 5.33. The lowest BCUT2D eigenvalue weighted by Gasteiger charge is -2.32. The van der Waals surface area contributed by atoms with Crippen LogP contribution in [0, 0.1) is 5.41 Å². The van der Waals surface area contributed by atoms with E-state index in [-0.39, 0.29) is 23.9 Å². The molecule has 3 amide bonds. The van der Waals surface area contributed by atoms with Crippen LogP contribution in [0.15, 0.2) is 24.3 Å². The van der Waals surface area contributed by atoms with E-state index in [0.717, 1.165) is 0 Å². The van der Waals surface area contributed by atoms with Crippen LogP contribution in [0.1, 0.15) is 32.6 Å². The smallest absolute Gasteiger partial charge is 0.409 e. The fourth-order valence-electron chi connectivity index (χ4n) is 3.42. The van der Waals surface area contributed by atoms with Crippen molar-refractivity contribution in [1.82, 2.24) is 10.2 Å². The van der Waals surface area contributed by atoms with Gasteiger partial charge in [0.2, 0.25) is 11.8 Å². The molecule has 1 saturated heterocycles. The van der Waals surface area contributed by atoms with Gasteiger partial charge in [-0.25, -0.2) is 4.79 Å². The summed E-state index contributed by atoms with van der Waals surface area (Å²) in [4.78, 5) is 39.0. The Morgan fingerprint density at radius 3 is 2.43 bits per heavy atom.